The van der Waals surface area contributed by atoms with Crippen molar-refractivity contribution in [3.8, 4) is 11.3 Å². The lowest BCUT2D eigenvalue weighted by Gasteiger charge is -2.35. The van der Waals surface area contributed by atoms with Gasteiger partial charge in [0.2, 0.25) is 0 Å². The fourth-order valence-corrected chi connectivity index (χ4v) is 3.59. The molecular formula is C20H23ClF2N4O3. The molecule has 2 amide bonds. The van der Waals surface area contributed by atoms with Gasteiger partial charge < -0.3 is 15.4 Å². The number of nitrogens with zero attached hydrogens (tertiary/aromatic N) is 3. The van der Waals surface area contributed by atoms with Crippen molar-refractivity contribution < 1.29 is 23.1 Å². The quantitative estimate of drug-likeness (QED) is 0.775. The molecule has 7 nitrogen and oxygen atoms in total. The van der Waals surface area contributed by atoms with Gasteiger partial charge >= 0.3 is 6.09 Å². The monoisotopic (exact) mass is 440 g/mol. The molecule has 0 spiro atoms. The molecule has 1 aromatic heterocycles. The number of rotatable bonds is 4. The van der Waals surface area contributed by atoms with Crippen LogP contribution in [0.5, 0.6) is 0 Å². The Bertz CT molecular complexity index is 987. The van der Waals surface area contributed by atoms with Gasteiger partial charge in [-0.05, 0) is 45.4 Å². The van der Waals surface area contributed by atoms with Crippen molar-refractivity contribution in [2.24, 2.45) is 5.73 Å². The van der Waals surface area contributed by atoms with E-state index in [1.807, 2.05) is 0 Å². The van der Waals surface area contributed by atoms with Gasteiger partial charge in [-0.1, -0.05) is 11.6 Å². The van der Waals surface area contributed by atoms with Gasteiger partial charge in [0.05, 0.1) is 35.5 Å². The van der Waals surface area contributed by atoms with E-state index in [1.165, 1.54) is 21.7 Å². The molecule has 2 aromatic rings. The van der Waals surface area contributed by atoms with E-state index in [-0.39, 0.29) is 35.8 Å². The van der Waals surface area contributed by atoms with Crippen LogP contribution in [0.2, 0.25) is 5.02 Å². The van der Waals surface area contributed by atoms with Crippen LogP contribution in [0.25, 0.3) is 11.3 Å². The highest BCUT2D eigenvalue weighted by atomic mass is 35.5. The normalized spacial score (nSPS) is 16.3. The smallest absolute Gasteiger partial charge is 0.410 e. The van der Waals surface area contributed by atoms with Gasteiger partial charge in [0.25, 0.3) is 5.91 Å². The van der Waals surface area contributed by atoms with Crippen LogP contribution >= 0.6 is 11.6 Å². The molecule has 0 radical (unpaired) electrons. The average molecular weight is 441 g/mol. The number of hydrogen-bond donors (Lipinski definition) is 1. The minimum atomic E-state index is -0.767. The van der Waals surface area contributed by atoms with Crippen LogP contribution in [0.3, 0.4) is 0 Å². The first-order valence-electron chi connectivity index (χ1n) is 9.42. The SMILES string of the molecule is CC(C)(C)OC(=O)N1Cc2c(C(N)=O)c(-c3ccc(F)c(Cl)c3)nn2C(CCF)C1. The van der Waals surface area contributed by atoms with E-state index in [4.69, 9.17) is 22.1 Å². The van der Waals surface area contributed by atoms with Gasteiger partial charge in [-0.2, -0.15) is 5.10 Å². The van der Waals surface area contributed by atoms with Crippen LogP contribution in [0.4, 0.5) is 13.6 Å². The number of halogens is 3. The van der Waals surface area contributed by atoms with Crippen molar-refractivity contribution in [3.63, 3.8) is 0 Å². The minimum absolute atomic E-state index is 0.0118. The molecule has 1 atom stereocenters. The molecule has 2 heterocycles. The van der Waals surface area contributed by atoms with Crippen molar-refractivity contribution >= 4 is 23.6 Å². The molecular weight excluding hydrogens is 418 g/mol. The van der Waals surface area contributed by atoms with E-state index in [2.05, 4.69) is 5.10 Å². The third kappa shape index (κ3) is 4.40. The summed E-state index contributed by atoms with van der Waals surface area (Å²) in [6.45, 7) is 4.75. The maximum absolute atomic E-state index is 13.6. The second kappa shape index (κ2) is 8.22. The molecule has 1 unspecified atom stereocenters. The van der Waals surface area contributed by atoms with Crippen LogP contribution in [-0.4, -0.2) is 45.5 Å². The molecule has 30 heavy (non-hydrogen) atoms. The molecule has 1 aromatic carbocycles. The van der Waals surface area contributed by atoms with E-state index >= 15 is 0 Å². The number of alkyl halides is 1. The number of primary amides is 1. The second-order valence-electron chi connectivity index (χ2n) is 8.10. The number of aromatic nitrogens is 2. The summed E-state index contributed by atoms with van der Waals surface area (Å²) in [6.07, 6.45) is -0.504. The molecule has 162 valence electrons. The van der Waals surface area contributed by atoms with Crippen LogP contribution < -0.4 is 5.73 Å². The summed E-state index contributed by atoms with van der Waals surface area (Å²) in [4.78, 5) is 26.3. The van der Waals surface area contributed by atoms with Crippen molar-refractivity contribution in [3.05, 3.63) is 40.3 Å². The highest BCUT2D eigenvalue weighted by molar-refractivity contribution is 6.31. The maximum atomic E-state index is 13.6. The fraction of sp³-hybridized carbons (Fsp3) is 0.450. The molecule has 1 aliphatic heterocycles. The van der Waals surface area contributed by atoms with E-state index in [9.17, 15) is 18.4 Å². The second-order valence-corrected chi connectivity index (χ2v) is 8.51. The standard InChI is InChI=1S/C20H23ClF2N4O3/c1-20(2,3)30-19(29)26-9-12(6-7-22)27-15(10-26)16(18(24)28)17(25-27)11-4-5-14(23)13(21)8-11/h4-5,8,12H,6-7,9-10H2,1-3H3,(H2,24,28). The Labute approximate surface area is 177 Å². The van der Waals surface area contributed by atoms with Crippen LogP contribution in [0, 0.1) is 5.82 Å². The lowest BCUT2D eigenvalue weighted by atomic mass is 10.0. The zero-order valence-electron chi connectivity index (χ0n) is 16.9. The summed E-state index contributed by atoms with van der Waals surface area (Å²) in [7, 11) is 0. The van der Waals surface area contributed by atoms with Gasteiger partial charge in [-0.25, -0.2) is 9.18 Å². The van der Waals surface area contributed by atoms with Crippen molar-refractivity contribution in [2.75, 3.05) is 13.2 Å². The third-order valence-electron chi connectivity index (χ3n) is 4.66. The number of ether oxygens (including phenoxy) is 1. The van der Waals surface area contributed by atoms with E-state index in [0.29, 0.717) is 11.3 Å². The Morgan fingerprint density at radius 3 is 2.63 bits per heavy atom. The number of amides is 2. The molecule has 0 aliphatic carbocycles. The zero-order chi connectivity index (χ0) is 22.2. The predicted octanol–water partition coefficient (Wildman–Crippen LogP) is 4.09. The zero-order valence-corrected chi connectivity index (χ0v) is 17.7. The van der Waals surface area contributed by atoms with Crippen LogP contribution in [-0.2, 0) is 11.3 Å². The number of nitrogens with two attached hydrogens (primary N) is 1. The van der Waals surface area contributed by atoms with Crippen molar-refractivity contribution in [2.45, 2.75) is 45.4 Å². The highest BCUT2D eigenvalue weighted by Crippen LogP contribution is 2.34. The number of carbonyl (C=O) groups is 2. The first-order valence-corrected chi connectivity index (χ1v) is 9.80. The third-order valence-corrected chi connectivity index (χ3v) is 4.95. The molecule has 1 aliphatic rings. The summed E-state index contributed by atoms with van der Waals surface area (Å²) < 4.78 is 33.8. The first-order chi connectivity index (χ1) is 14.0. The topological polar surface area (TPSA) is 90.4 Å². The number of benzene rings is 1. The average Bonchev–Trinajstić information content (AvgIpc) is 3.02. The summed E-state index contributed by atoms with van der Waals surface area (Å²) in [6, 6.07) is 3.41. The summed E-state index contributed by atoms with van der Waals surface area (Å²) in [5.74, 6) is -1.38. The van der Waals surface area contributed by atoms with Gasteiger partial charge in [0.1, 0.15) is 17.1 Å². The van der Waals surface area contributed by atoms with E-state index in [0.717, 1.165) is 6.07 Å². The predicted molar refractivity (Wildman–Crippen MR) is 107 cm³/mol. The largest absolute Gasteiger partial charge is 0.444 e. The molecule has 10 heteroatoms. The summed E-state index contributed by atoms with van der Waals surface area (Å²) in [5, 5.41) is 4.34. The van der Waals surface area contributed by atoms with Crippen LogP contribution in [0.15, 0.2) is 18.2 Å². The van der Waals surface area contributed by atoms with Gasteiger partial charge in [-0.3, -0.25) is 13.9 Å². The van der Waals surface area contributed by atoms with Crippen molar-refractivity contribution in [1.82, 2.24) is 14.7 Å². The lowest BCUT2D eigenvalue weighted by molar-refractivity contribution is 0.0151. The first kappa shape index (κ1) is 22.0. The maximum Gasteiger partial charge on any atom is 0.410 e. The van der Waals surface area contributed by atoms with Crippen LogP contribution in [0.1, 0.15) is 49.3 Å². The Kier molecular flexibility index (Phi) is 6.03. The van der Waals surface area contributed by atoms with Gasteiger partial charge in [0, 0.05) is 12.1 Å². The Hall–Kier alpha value is -2.68. The lowest BCUT2D eigenvalue weighted by Crippen LogP contribution is -2.44. The molecule has 0 saturated heterocycles. The Morgan fingerprint density at radius 2 is 2.07 bits per heavy atom. The Balaban J connectivity index is 2.10. The summed E-state index contributed by atoms with van der Waals surface area (Å²) in [5.41, 5.74) is 5.95. The van der Waals surface area contributed by atoms with Crippen molar-refractivity contribution in [1.29, 1.82) is 0 Å². The van der Waals surface area contributed by atoms with Gasteiger partial charge in [0.15, 0.2) is 0 Å². The van der Waals surface area contributed by atoms with E-state index in [1.54, 1.807) is 20.8 Å². The fourth-order valence-electron chi connectivity index (χ4n) is 3.41. The number of carbonyl (C=O) groups excluding carboxylic acids is 2. The minimum Gasteiger partial charge on any atom is -0.444 e. The summed E-state index contributed by atoms with van der Waals surface area (Å²) >= 11 is 5.88. The molecule has 0 saturated carbocycles. The number of hydrogen-bond acceptors (Lipinski definition) is 4. The van der Waals surface area contributed by atoms with E-state index < -0.39 is 36.1 Å². The molecule has 0 bridgehead atoms. The number of fused-ring (bicyclic) bond motifs is 1. The molecule has 2 N–H and O–H groups in total. The highest BCUT2D eigenvalue weighted by Gasteiger charge is 2.36. The molecule has 3 rings (SSSR count). The molecule has 0 fully saturated rings. The van der Waals surface area contributed by atoms with Gasteiger partial charge in [-0.15, -0.1) is 0 Å². The Morgan fingerprint density at radius 1 is 1.37 bits per heavy atom.